The third kappa shape index (κ3) is 3.81. The maximum Gasteiger partial charge on any atom is 0.321 e. The van der Waals surface area contributed by atoms with E-state index in [-0.39, 0.29) is 11.3 Å². The Bertz CT molecular complexity index is 561. The molecule has 0 unspecified atom stereocenters. The summed E-state index contributed by atoms with van der Waals surface area (Å²) >= 11 is 5.87. The predicted octanol–water partition coefficient (Wildman–Crippen LogP) is 3.38. The lowest BCUT2D eigenvalue weighted by atomic mass is 10.2. The van der Waals surface area contributed by atoms with Crippen molar-refractivity contribution in [2.45, 2.75) is 20.3 Å². The molecule has 0 saturated heterocycles. The molecule has 2 rings (SSSR count). The van der Waals surface area contributed by atoms with Gasteiger partial charge in [0, 0.05) is 5.56 Å². The molecule has 1 aromatic heterocycles. The molecule has 5 nitrogen and oxygen atoms in total. The number of hydrogen-bond acceptors (Lipinski definition) is 5. The van der Waals surface area contributed by atoms with Crippen LogP contribution in [0.2, 0.25) is 5.28 Å². The molecule has 0 aliphatic carbocycles. The Balaban J connectivity index is 2.22. The second-order valence-corrected chi connectivity index (χ2v) is 4.35. The van der Waals surface area contributed by atoms with Gasteiger partial charge in [-0.3, -0.25) is 0 Å². The van der Waals surface area contributed by atoms with E-state index >= 15 is 0 Å². The Kier molecular flexibility index (Phi) is 5.12. The van der Waals surface area contributed by atoms with E-state index in [4.69, 9.17) is 21.1 Å². The summed E-state index contributed by atoms with van der Waals surface area (Å²) in [6.07, 6.45) is 0.975. The minimum absolute atomic E-state index is 0.116. The number of benzene rings is 1. The smallest absolute Gasteiger partial charge is 0.321 e. The van der Waals surface area contributed by atoms with Crippen molar-refractivity contribution in [2.24, 2.45) is 0 Å². The van der Waals surface area contributed by atoms with E-state index in [1.807, 2.05) is 31.2 Å². The van der Waals surface area contributed by atoms with Crippen LogP contribution >= 0.6 is 11.6 Å². The van der Waals surface area contributed by atoms with Crippen LogP contribution in [0.3, 0.4) is 0 Å². The molecule has 106 valence electrons. The number of halogens is 1. The van der Waals surface area contributed by atoms with Crippen molar-refractivity contribution in [3.8, 4) is 23.1 Å². The summed E-state index contributed by atoms with van der Waals surface area (Å²) in [7, 11) is 0. The molecule has 0 aliphatic rings. The highest BCUT2D eigenvalue weighted by Gasteiger charge is 2.08. The van der Waals surface area contributed by atoms with Gasteiger partial charge in [-0.2, -0.15) is 15.0 Å². The number of rotatable bonds is 6. The van der Waals surface area contributed by atoms with E-state index in [1.54, 1.807) is 0 Å². The second-order valence-electron chi connectivity index (χ2n) is 4.02. The van der Waals surface area contributed by atoms with Crippen LogP contribution in [0.1, 0.15) is 20.3 Å². The van der Waals surface area contributed by atoms with Gasteiger partial charge in [-0.15, -0.1) is 0 Å². The minimum Gasteiger partial charge on any atom is -0.494 e. The van der Waals surface area contributed by atoms with Gasteiger partial charge in [0.2, 0.25) is 5.28 Å². The maximum atomic E-state index is 5.87. The molecule has 1 heterocycles. The van der Waals surface area contributed by atoms with E-state index < -0.39 is 0 Å². The first kappa shape index (κ1) is 14.5. The molecular weight excluding hydrogens is 278 g/mol. The third-order valence-corrected chi connectivity index (χ3v) is 2.62. The highest BCUT2D eigenvalue weighted by molar-refractivity contribution is 6.28. The Morgan fingerprint density at radius 2 is 1.75 bits per heavy atom. The van der Waals surface area contributed by atoms with Crippen molar-refractivity contribution in [3.63, 3.8) is 0 Å². The fourth-order valence-electron chi connectivity index (χ4n) is 1.57. The molecule has 0 fully saturated rings. The first-order valence-corrected chi connectivity index (χ1v) is 6.88. The number of aromatic nitrogens is 3. The average Bonchev–Trinajstić information content (AvgIpc) is 2.45. The molecule has 6 heteroatoms. The van der Waals surface area contributed by atoms with Gasteiger partial charge in [0.1, 0.15) is 5.75 Å². The van der Waals surface area contributed by atoms with Gasteiger partial charge in [-0.25, -0.2) is 0 Å². The lowest BCUT2D eigenvalue weighted by Crippen LogP contribution is -2.01. The van der Waals surface area contributed by atoms with Crippen LogP contribution in [-0.2, 0) is 0 Å². The predicted molar refractivity (Wildman–Crippen MR) is 77.2 cm³/mol. The molecular formula is C14H16ClN3O2. The fraction of sp³-hybridized carbons (Fsp3) is 0.357. The lowest BCUT2D eigenvalue weighted by molar-refractivity contribution is 0.312. The number of ether oxygens (including phenoxy) is 2. The lowest BCUT2D eigenvalue weighted by Gasteiger charge is -2.06. The van der Waals surface area contributed by atoms with Gasteiger partial charge in [0.15, 0.2) is 5.82 Å². The highest BCUT2D eigenvalue weighted by atomic mass is 35.5. The van der Waals surface area contributed by atoms with E-state index in [9.17, 15) is 0 Å². The Hall–Kier alpha value is -1.88. The van der Waals surface area contributed by atoms with Gasteiger partial charge in [0.05, 0.1) is 13.2 Å². The first-order chi connectivity index (χ1) is 9.72. The molecule has 0 N–H and O–H groups in total. The van der Waals surface area contributed by atoms with Crippen LogP contribution in [0.4, 0.5) is 0 Å². The van der Waals surface area contributed by atoms with Crippen LogP contribution in [0.15, 0.2) is 24.3 Å². The molecule has 0 aliphatic heterocycles. The SMILES string of the molecule is CCCOc1ccc(-c2nc(Cl)nc(OCC)n2)cc1. The molecule has 1 aromatic carbocycles. The first-order valence-electron chi connectivity index (χ1n) is 6.50. The summed E-state index contributed by atoms with van der Waals surface area (Å²) in [5.74, 6) is 1.30. The summed E-state index contributed by atoms with van der Waals surface area (Å²) in [6, 6.07) is 7.75. The monoisotopic (exact) mass is 293 g/mol. The largest absolute Gasteiger partial charge is 0.494 e. The van der Waals surface area contributed by atoms with Crippen LogP contribution in [0.25, 0.3) is 11.4 Å². The summed E-state index contributed by atoms with van der Waals surface area (Å²) in [6.45, 7) is 5.10. The van der Waals surface area contributed by atoms with Gasteiger partial charge in [-0.05, 0) is 49.2 Å². The van der Waals surface area contributed by atoms with E-state index in [1.165, 1.54) is 0 Å². The number of hydrogen-bond donors (Lipinski definition) is 0. The zero-order valence-corrected chi connectivity index (χ0v) is 12.2. The molecule has 0 spiro atoms. The van der Waals surface area contributed by atoms with E-state index in [0.717, 1.165) is 17.7 Å². The maximum absolute atomic E-state index is 5.87. The zero-order chi connectivity index (χ0) is 14.4. The standard InChI is InChI=1S/C14H16ClN3O2/c1-3-9-20-11-7-5-10(6-8-11)12-16-13(15)18-14(17-12)19-4-2/h5-8H,3-4,9H2,1-2H3. The Labute approximate surface area is 123 Å². The van der Waals surface area contributed by atoms with Gasteiger partial charge in [0.25, 0.3) is 0 Å². The van der Waals surface area contributed by atoms with Crippen molar-refractivity contribution in [1.29, 1.82) is 0 Å². The normalized spacial score (nSPS) is 10.3. The van der Waals surface area contributed by atoms with Crippen molar-refractivity contribution < 1.29 is 9.47 Å². The molecule has 0 saturated carbocycles. The fourth-order valence-corrected chi connectivity index (χ4v) is 1.73. The molecule has 0 atom stereocenters. The van der Waals surface area contributed by atoms with Crippen LogP contribution in [-0.4, -0.2) is 28.2 Å². The van der Waals surface area contributed by atoms with Crippen molar-refractivity contribution >= 4 is 11.6 Å². The molecule has 2 aromatic rings. The topological polar surface area (TPSA) is 57.1 Å². The Morgan fingerprint density at radius 3 is 2.40 bits per heavy atom. The van der Waals surface area contributed by atoms with Crippen molar-refractivity contribution in [3.05, 3.63) is 29.5 Å². The molecule has 0 radical (unpaired) electrons. The molecule has 0 amide bonds. The van der Waals surface area contributed by atoms with Crippen LogP contribution in [0, 0.1) is 0 Å². The summed E-state index contributed by atoms with van der Waals surface area (Å²) < 4.78 is 10.8. The van der Waals surface area contributed by atoms with Crippen LogP contribution in [0.5, 0.6) is 11.8 Å². The van der Waals surface area contributed by atoms with Crippen LogP contribution < -0.4 is 9.47 Å². The third-order valence-electron chi connectivity index (χ3n) is 2.45. The second kappa shape index (κ2) is 7.05. The van der Waals surface area contributed by atoms with E-state index in [0.29, 0.717) is 19.0 Å². The zero-order valence-electron chi connectivity index (χ0n) is 11.5. The highest BCUT2D eigenvalue weighted by Crippen LogP contribution is 2.22. The summed E-state index contributed by atoms with van der Waals surface area (Å²) in [4.78, 5) is 12.2. The molecule has 20 heavy (non-hydrogen) atoms. The molecule has 0 bridgehead atoms. The summed E-state index contributed by atoms with van der Waals surface area (Å²) in [5.41, 5.74) is 0.833. The van der Waals surface area contributed by atoms with Crippen molar-refractivity contribution in [1.82, 2.24) is 15.0 Å². The van der Waals surface area contributed by atoms with Gasteiger partial charge < -0.3 is 9.47 Å². The minimum atomic E-state index is 0.116. The van der Waals surface area contributed by atoms with Crippen molar-refractivity contribution in [2.75, 3.05) is 13.2 Å². The Morgan fingerprint density at radius 1 is 1.00 bits per heavy atom. The number of nitrogens with zero attached hydrogens (tertiary/aromatic N) is 3. The quantitative estimate of drug-likeness (QED) is 0.817. The van der Waals surface area contributed by atoms with Gasteiger partial charge >= 0.3 is 6.01 Å². The van der Waals surface area contributed by atoms with E-state index in [2.05, 4.69) is 21.9 Å². The summed E-state index contributed by atoms with van der Waals surface area (Å²) in [5, 5.41) is 0.116. The van der Waals surface area contributed by atoms with Gasteiger partial charge in [-0.1, -0.05) is 6.92 Å². The average molecular weight is 294 g/mol.